The first-order valence-electron chi connectivity index (χ1n) is 8.55. The van der Waals surface area contributed by atoms with Crippen LogP contribution in [0.4, 0.5) is 5.69 Å². The Morgan fingerprint density at radius 1 is 1.24 bits per heavy atom. The molecule has 0 bridgehead atoms. The molecule has 2 heterocycles. The molecular weight excluding hydrogens is 324 g/mol. The van der Waals surface area contributed by atoms with Gasteiger partial charge in [0, 0.05) is 37.9 Å². The maximum absolute atomic E-state index is 13.2. The summed E-state index contributed by atoms with van der Waals surface area (Å²) in [6.45, 7) is 1.27. The van der Waals surface area contributed by atoms with E-state index in [9.17, 15) is 14.4 Å². The second-order valence-electron chi connectivity index (χ2n) is 6.41. The van der Waals surface area contributed by atoms with Crippen molar-refractivity contribution in [3.8, 4) is 0 Å². The Morgan fingerprint density at radius 2 is 1.96 bits per heavy atom. The highest BCUT2D eigenvalue weighted by Gasteiger charge is 2.36. The Labute approximate surface area is 146 Å². The van der Waals surface area contributed by atoms with Gasteiger partial charge >= 0.3 is 5.97 Å². The zero-order chi connectivity index (χ0) is 17.8. The molecule has 2 amide bonds. The summed E-state index contributed by atoms with van der Waals surface area (Å²) in [5.74, 6) is -1.87. The van der Waals surface area contributed by atoms with E-state index in [1.54, 1.807) is 11.0 Å². The number of carbonyl (C=O) groups is 3. The molecule has 2 aliphatic rings. The van der Waals surface area contributed by atoms with Gasteiger partial charge in [-0.2, -0.15) is 0 Å². The quantitative estimate of drug-likeness (QED) is 0.844. The van der Waals surface area contributed by atoms with Gasteiger partial charge in [0.25, 0.3) is 0 Å². The summed E-state index contributed by atoms with van der Waals surface area (Å²) in [6, 6.07) is 7.23. The zero-order valence-electron chi connectivity index (χ0n) is 13.9. The smallest absolute Gasteiger partial charge is 0.305 e. The van der Waals surface area contributed by atoms with Crippen LogP contribution in [-0.2, 0) is 19.1 Å². The molecule has 3 rings (SSSR count). The van der Waals surface area contributed by atoms with E-state index in [0.717, 1.165) is 5.56 Å². The number of nitrogens with zero attached hydrogens (tertiary/aromatic N) is 1. The normalized spacial score (nSPS) is 20.5. The lowest BCUT2D eigenvalue weighted by Gasteiger charge is -2.37. The molecule has 0 aromatic heterocycles. The number of nitrogens with one attached hydrogen (secondary N) is 1. The van der Waals surface area contributed by atoms with E-state index in [4.69, 9.17) is 9.84 Å². The van der Waals surface area contributed by atoms with Crippen molar-refractivity contribution in [2.75, 3.05) is 25.1 Å². The highest BCUT2D eigenvalue weighted by Crippen LogP contribution is 2.34. The average molecular weight is 346 g/mol. The van der Waals surface area contributed by atoms with E-state index in [2.05, 4.69) is 5.32 Å². The third kappa shape index (κ3) is 3.99. The molecule has 7 heteroatoms. The number of amides is 2. The number of ether oxygens (including phenoxy) is 1. The molecule has 0 saturated carbocycles. The van der Waals surface area contributed by atoms with Crippen LogP contribution in [0.2, 0.25) is 0 Å². The van der Waals surface area contributed by atoms with Crippen LogP contribution in [0.5, 0.6) is 0 Å². The fourth-order valence-corrected chi connectivity index (χ4v) is 3.52. The fourth-order valence-electron chi connectivity index (χ4n) is 3.52. The molecule has 2 aliphatic heterocycles. The van der Waals surface area contributed by atoms with Gasteiger partial charge in [-0.1, -0.05) is 18.2 Å². The van der Waals surface area contributed by atoms with Crippen LogP contribution in [-0.4, -0.2) is 53.6 Å². The molecular formula is C18H22N2O5. The molecule has 7 nitrogen and oxygen atoms in total. The molecule has 1 aromatic carbocycles. The van der Waals surface area contributed by atoms with Gasteiger partial charge in [-0.3, -0.25) is 14.4 Å². The Kier molecular flexibility index (Phi) is 5.33. The van der Waals surface area contributed by atoms with Crippen LogP contribution in [0.15, 0.2) is 24.3 Å². The fraction of sp³-hybridized carbons (Fsp3) is 0.500. The number of carbonyl (C=O) groups excluding carboxylic acids is 2. The van der Waals surface area contributed by atoms with Crippen molar-refractivity contribution in [3.63, 3.8) is 0 Å². The van der Waals surface area contributed by atoms with E-state index < -0.39 is 11.9 Å². The Balaban J connectivity index is 1.85. The van der Waals surface area contributed by atoms with Gasteiger partial charge < -0.3 is 20.1 Å². The van der Waals surface area contributed by atoms with Crippen LogP contribution in [0.3, 0.4) is 0 Å². The van der Waals surface area contributed by atoms with Crippen molar-refractivity contribution in [2.24, 2.45) is 0 Å². The van der Waals surface area contributed by atoms with Crippen LogP contribution in [0, 0.1) is 0 Å². The van der Waals surface area contributed by atoms with Crippen LogP contribution < -0.4 is 5.32 Å². The van der Waals surface area contributed by atoms with Crippen LogP contribution in [0.1, 0.15) is 37.2 Å². The van der Waals surface area contributed by atoms with Gasteiger partial charge in [-0.05, 0) is 24.5 Å². The lowest BCUT2D eigenvalue weighted by atomic mass is 9.88. The first-order valence-corrected chi connectivity index (χ1v) is 8.55. The first-order chi connectivity index (χ1) is 12.1. The number of benzene rings is 1. The monoisotopic (exact) mass is 346 g/mol. The number of hydrogen-bond donors (Lipinski definition) is 2. The third-order valence-corrected chi connectivity index (χ3v) is 4.78. The molecule has 1 fully saturated rings. The molecule has 1 saturated heterocycles. The van der Waals surface area contributed by atoms with Crippen LogP contribution >= 0.6 is 0 Å². The maximum Gasteiger partial charge on any atom is 0.305 e. The maximum atomic E-state index is 13.2. The summed E-state index contributed by atoms with van der Waals surface area (Å²) in [7, 11) is 0. The number of fused-ring (bicyclic) bond motifs is 1. The van der Waals surface area contributed by atoms with Crippen molar-refractivity contribution in [3.05, 3.63) is 29.8 Å². The molecule has 1 aromatic rings. The van der Waals surface area contributed by atoms with Crippen molar-refractivity contribution in [2.45, 2.75) is 37.6 Å². The number of anilines is 1. The van der Waals surface area contributed by atoms with Crippen molar-refractivity contribution >= 4 is 23.5 Å². The summed E-state index contributed by atoms with van der Waals surface area (Å²) >= 11 is 0. The lowest BCUT2D eigenvalue weighted by Crippen LogP contribution is -2.47. The molecule has 1 unspecified atom stereocenters. The highest BCUT2D eigenvalue weighted by molar-refractivity contribution is 6.01. The average Bonchev–Trinajstić information content (AvgIpc) is 2.61. The molecule has 25 heavy (non-hydrogen) atoms. The topological polar surface area (TPSA) is 95.9 Å². The summed E-state index contributed by atoms with van der Waals surface area (Å²) in [4.78, 5) is 37.9. The van der Waals surface area contributed by atoms with Crippen LogP contribution in [0.25, 0.3) is 0 Å². The van der Waals surface area contributed by atoms with Gasteiger partial charge in [-0.15, -0.1) is 0 Å². The van der Waals surface area contributed by atoms with Gasteiger partial charge in [0.15, 0.2) is 0 Å². The Bertz CT molecular complexity index is 669. The predicted octanol–water partition coefficient (Wildman–Crippen LogP) is 1.59. The highest BCUT2D eigenvalue weighted by atomic mass is 16.5. The zero-order valence-corrected chi connectivity index (χ0v) is 13.9. The van der Waals surface area contributed by atoms with E-state index in [1.807, 2.05) is 18.2 Å². The van der Waals surface area contributed by atoms with Gasteiger partial charge in [0.1, 0.15) is 0 Å². The molecule has 1 atom stereocenters. The number of rotatable bonds is 5. The van der Waals surface area contributed by atoms with Gasteiger partial charge in [-0.25, -0.2) is 0 Å². The second-order valence-corrected chi connectivity index (χ2v) is 6.41. The summed E-state index contributed by atoms with van der Waals surface area (Å²) < 4.78 is 5.36. The lowest BCUT2D eigenvalue weighted by molar-refractivity contribution is -0.142. The van der Waals surface area contributed by atoms with Crippen molar-refractivity contribution < 1.29 is 24.2 Å². The minimum absolute atomic E-state index is 0.0438. The van der Waals surface area contributed by atoms with Gasteiger partial charge in [0.2, 0.25) is 11.8 Å². The molecule has 134 valence electrons. The second kappa shape index (κ2) is 7.65. The molecule has 0 spiro atoms. The van der Waals surface area contributed by atoms with E-state index in [0.29, 0.717) is 31.7 Å². The number of hydrogen-bond acceptors (Lipinski definition) is 4. The number of para-hydroxylation sites is 1. The third-order valence-electron chi connectivity index (χ3n) is 4.78. The van der Waals surface area contributed by atoms with E-state index in [1.165, 1.54) is 0 Å². The molecule has 0 aliphatic carbocycles. The van der Waals surface area contributed by atoms with Crippen molar-refractivity contribution in [1.82, 2.24) is 4.90 Å². The summed E-state index contributed by atoms with van der Waals surface area (Å²) in [5.41, 5.74) is 1.45. The molecule has 2 N–H and O–H groups in total. The Hall–Kier alpha value is -2.41. The number of carboxylic acids is 1. The van der Waals surface area contributed by atoms with E-state index in [-0.39, 0.29) is 37.2 Å². The minimum atomic E-state index is -0.938. The van der Waals surface area contributed by atoms with E-state index >= 15 is 0 Å². The number of carboxylic acid groups (broad SMARTS) is 1. The standard InChI is InChI=1S/C18H22N2O5/c21-16-11-14(13-3-1-2-4-15(13)19-16)18(24)20(8-5-17(22)23)12-6-9-25-10-7-12/h1-4,12,14H,5-11H2,(H,19,21)(H,22,23). The van der Waals surface area contributed by atoms with Crippen molar-refractivity contribution in [1.29, 1.82) is 0 Å². The summed E-state index contributed by atoms with van der Waals surface area (Å²) in [5, 5.41) is 11.8. The Morgan fingerprint density at radius 3 is 2.68 bits per heavy atom. The molecule has 0 radical (unpaired) electrons. The van der Waals surface area contributed by atoms with Gasteiger partial charge in [0.05, 0.1) is 12.3 Å². The summed E-state index contributed by atoms with van der Waals surface area (Å²) in [6.07, 6.45) is 1.35. The minimum Gasteiger partial charge on any atom is -0.481 e. The SMILES string of the molecule is O=C(O)CCN(C(=O)C1CC(=O)Nc2ccccc21)C1CCOCC1. The first kappa shape index (κ1) is 17.4. The predicted molar refractivity (Wildman–Crippen MR) is 90.2 cm³/mol. The number of aliphatic carboxylic acids is 1. The largest absolute Gasteiger partial charge is 0.481 e.